The Bertz CT molecular complexity index is 625. The van der Waals surface area contributed by atoms with Gasteiger partial charge in [0.1, 0.15) is 21.3 Å². The molecule has 0 amide bonds. The molecule has 31 heavy (non-hydrogen) atoms. The van der Waals surface area contributed by atoms with Crippen LogP contribution in [-0.4, -0.2) is 72.0 Å². The molecule has 1 aliphatic heterocycles. The predicted octanol–water partition coefficient (Wildman–Crippen LogP) is 4.59. The van der Waals surface area contributed by atoms with E-state index in [0.717, 1.165) is 39.5 Å². The Kier molecular flexibility index (Phi) is 19.7. The molecule has 1 aliphatic rings. The quantitative estimate of drug-likeness (QED) is 0.330. The van der Waals surface area contributed by atoms with Gasteiger partial charge in [0.2, 0.25) is 0 Å². The molecule has 2 aromatic rings. The summed E-state index contributed by atoms with van der Waals surface area (Å²) in [6.45, 7) is 9.50. The fraction of sp³-hybridized carbons (Fsp3) is 0.556. The van der Waals surface area contributed by atoms with Gasteiger partial charge in [0.25, 0.3) is 0 Å². The van der Waals surface area contributed by atoms with Crippen LogP contribution >= 0.6 is 58.3 Å². The van der Waals surface area contributed by atoms with Crippen molar-refractivity contribution in [2.24, 2.45) is 0 Å². The van der Waals surface area contributed by atoms with Gasteiger partial charge in [0.05, 0.1) is 13.2 Å². The third kappa shape index (κ3) is 17.6. The Morgan fingerprint density at radius 1 is 0.903 bits per heavy atom. The highest BCUT2D eigenvalue weighted by molar-refractivity contribution is 7.98. The molecule has 176 valence electrons. The smallest absolute Gasteiger partial charge is 0.190 e. The van der Waals surface area contributed by atoms with Gasteiger partial charge in [-0.05, 0) is 26.4 Å². The van der Waals surface area contributed by atoms with Crippen molar-refractivity contribution in [1.29, 1.82) is 0 Å². The van der Waals surface area contributed by atoms with E-state index >= 15 is 0 Å². The van der Waals surface area contributed by atoms with E-state index in [1.165, 1.54) is 35.7 Å². The summed E-state index contributed by atoms with van der Waals surface area (Å²) in [6.07, 6.45) is 3.73. The minimum absolute atomic E-state index is 0.379. The molecular weight excluding hydrogens is 503 g/mol. The van der Waals surface area contributed by atoms with Crippen LogP contribution in [0.1, 0.15) is 13.8 Å². The van der Waals surface area contributed by atoms with Crippen LogP contribution in [0.15, 0.2) is 22.4 Å². The first-order valence-electron chi connectivity index (χ1n) is 9.30. The van der Waals surface area contributed by atoms with Gasteiger partial charge in [0, 0.05) is 38.4 Å². The number of thioether (sulfide) groups is 2. The molecule has 0 saturated carbocycles. The van der Waals surface area contributed by atoms with Crippen molar-refractivity contribution in [3.8, 4) is 0 Å². The van der Waals surface area contributed by atoms with Crippen LogP contribution in [0.5, 0.6) is 0 Å². The zero-order chi connectivity index (χ0) is 23.5. The monoisotopic (exact) mass is 530 g/mol. The number of rotatable bonds is 4. The number of halogens is 3. The highest BCUT2D eigenvalue weighted by atomic mass is 35.5. The number of nitrogen functional groups attached to an aromatic ring is 1. The topological polar surface area (TPSA) is 108 Å². The van der Waals surface area contributed by atoms with E-state index in [2.05, 4.69) is 25.3 Å². The maximum atomic E-state index is 5.58. The summed E-state index contributed by atoms with van der Waals surface area (Å²) < 4.78 is 9.84. The summed E-state index contributed by atoms with van der Waals surface area (Å²) in [5, 5.41) is 5.50. The summed E-state index contributed by atoms with van der Waals surface area (Å²) in [5.41, 5.74) is 5.39. The molecule has 13 heteroatoms. The van der Waals surface area contributed by atoms with Gasteiger partial charge in [-0.3, -0.25) is 0 Å². The van der Waals surface area contributed by atoms with E-state index in [9.17, 15) is 0 Å². The Hall–Kier alpha value is -0.590. The van der Waals surface area contributed by atoms with E-state index in [-0.39, 0.29) is 0 Å². The zero-order valence-electron chi connectivity index (χ0n) is 18.0. The summed E-state index contributed by atoms with van der Waals surface area (Å²) in [6, 6.07) is 3.02. The van der Waals surface area contributed by atoms with E-state index in [1.54, 1.807) is 0 Å². The largest absolute Gasteiger partial charge is 0.384 e. The van der Waals surface area contributed by atoms with Crippen LogP contribution in [0.25, 0.3) is 0 Å². The Balaban J connectivity index is 0.000000404. The molecule has 0 spiro atoms. The molecular formula is C18H29Cl3N6O2S2. The number of nitrogens with one attached hydrogen (secondary N) is 1. The Labute approximate surface area is 207 Å². The van der Waals surface area contributed by atoms with E-state index in [1.807, 2.05) is 26.4 Å². The van der Waals surface area contributed by atoms with Gasteiger partial charge in [-0.1, -0.05) is 58.3 Å². The van der Waals surface area contributed by atoms with Gasteiger partial charge in [-0.25, -0.2) is 19.9 Å². The van der Waals surface area contributed by atoms with Crippen molar-refractivity contribution in [2.75, 3.05) is 57.8 Å². The zero-order valence-corrected chi connectivity index (χ0v) is 21.9. The lowest BCUT2D eigenvalue weighted by molar-refractivity contribution is 0.109. The van der Waals surface area contributed by atoms with Crippen molar-refractivity contribution in [1.82, 2.24) is 25.3 Å². The summed E-state index contributed by atoms with van der Waals surface area (Å²) in [4.78, 5) is 15.6. The molecule has 0 atom stereocenters. The molecule has 1 fully saturated rings. The van der Waals surface area contributed by atoms with Crippen molar-refractivity contribution in [2.45, 2.75) is 24.2 Å². The molecule has 3 N–H and O–H groups in total. The van der Waals surface area contributed by atoms with Gasteiger partial charge in [-0.2, -0.15) is 0 Å². The lowest BCUT2D eigenvalue weighted by atomic mass is 10.5. The fourth-order valence-corrected chi connectivity index (χ4v) is 3.22. The maximum absolute atomic E-state index is 5.58. The van der Waals surface area contributed by atoms with E-state index in [0.29, 0.717) is 31.6 Å². The second-order valence-electron chi connectivity index (χ2n) is 5.25. The number of morpholine rings is 1. The number of anilines is 1. The van der Waals surface area contributed by atoms with E-state index in [4.69, 9.17) is 50.0 Å². The SMILES string of the molecule is C1COCCN1.CCOCC.CSc1nc(Cl)cc(Cl)n1.CSc1nc(N)cc(Cl)n1. The van der Waals surface area contributed by atoms with Crippen LogP contribution in [0.3, 0.4) is 0 Å². The molecule has 3 heterocycles. The molecule has 0 aliphatic carbocycles. The molecule has 2 aromatic heterocycles. The maximum Gasteiger partial charge on any atom is 0.190 e. The van der Waals surface area contributed by atoms with Crippen LogP contribution in [0, 0.1) is 0 Å². The first kappa shape index (κ1) is 30.4. The summed E-state index contributed by atoms with van der Waals surface area (Å²) in [5.74, 6) is 0.407. The first-order valence-corrected chi connectivity index (χ1v) is 12.9. The number of hydrogen-bond donors (Lipinski definition) is 2. The Morgan fingerprint density at radius 3 is 1.65 bits per heavy atom. The third-order valence-electron chi connectivity index (χ3n) is 2.96. The summed E-state index contributed by atoms with van der Waals surface area (Å²) >= 11 is 19.6. The fourth-order valence-electron chi connectivity index (χ4n) is 1.69. The lowest BCUT2D eigenvalue weighted by Crippen LogP contribution is -2.30. The standard InChI is InChI=1S/C5H4Cl2N2S.C5H6ClN3S.C4H9NO.C4H10O/c2*1-10-5-8-3(6)2-4(7)9-5;1-3-6-4-2-5-1;1-3-5-4-2/h2H,1H3;2H,1H3,(H2,7,8,9);5H,1-4H2;3-4H2,1-2H3. The number of ether oxygens (including phenoxy) is 2. The minimum Gasteiger partial charge on any atom is -0.384 e. The van der Waals surface area contributed by atoms with Crippen molar-refractivity contribution in [3.05, 3.63) is 27.6 Å². The number of nitrogens with two attached hydrogens (primary N) is 1. The molecule has 0 aromatic carbocycles. The number of hydrogen-bond acceptors (Lipinski definition) is 10. The number of nitrogens with zero attached hydrogens (tertiary/aromatic N) is 4. The molecule has 0 bridgehead atoms. The Morgan fingerprint density at radius 2 is 1.35 bits per heavy atom. The first-order chi connectivity index (χ1) is 14.9. The molecule has 0 radical (unpaired) electrons. The van der Waals surface area contributed by atoms with Crippen molar-refractivity contribution >= 4 is 64.1 Å². The molecule has 3 rings (SSSR count). The van der Waals surface area contributed by atoms with Crippen LogP contribution in [0.2, 0.25) is 15.5 Å². The minimum atomic E-state index is 0.379. The highest BCUT2D eigenvalue weighted by Crippen LogP contribution is 2.16. The van der Waals surface area contributed by atoms with Crippen LogP contribution in [0.4, 0.5) is 5.82 Å². The van der Waals surface area contributed by atoms with Crippen LogP contribution < -0.4 is 11.1 Å². The van der Waals surface area contributed by atoms with Gasteiger partial charge >= 0.3 is 0 Å². The second-order valence-corrected chi connectivity index (χ2v) is 7.95. The summed E-state index contributed by atoms with van der Waals surface area (Å²) in [7, 11) is 0. The normalized spacial score (nSPS) is 12.4. The van der Waals surface area contributed by atoms with Crippen LogP contribution in [-0.2, 0) is 9.47 Å². The highest BCUT2D eigenvalue weighted by Gasteiger charge is 1.98. The van der Waals surface area contributed by atoms with Crippen molar-refractivity contribution < 1.29 is 9.47 Å². The number of aromatic nitrogens is 4. The average Bonchev–Trinajstić information content (AvgIpc) is 2.75. The van der Waals surface area contributed by atoms with Gasteiger partial charge in [0.15, 0.2) is 10.3 Å². The second kappa shape index (κ2) is 20.0. The molecule has 0 unspecified atom stereocenters. The van der Waals surface area contributed by atoms with E-state index < -0.39 is 0 Å². The van der Waals surface area contributed by atoms with Gasteiger partial charge in [-0.15, -0.1) is 0 Å². The third-order valence-corrected chi connectivity index (χ3v) is 4.63. The predicted molar refractivity (Wildman–Crippen MR) is 133 cm³/mol. The molecule has 1 saturated heterocycles. The average molecular weight is 532 g/mol. The molecule has 8 nitrogen and oxygen atoms in total. The van der Waals surface area contributed by atoms with Gasteiger partial charge < -0.3 is 20.5 Å². The lowest BCUT2D eigenvalue weighted by Gasteiger charge is -2.10. The van der Waals surface area contributed by atoms with Crippen molar-refractivity contribution in [3.63, 3.8) is 0 Å².